The Morgan fingerprint density at radius 3 is 2.76 bits per heavy atom. The van der Waals surface area contributed by atoms with Gasteiger partial charge in [0, 0.05) is 11.4 Å². The van der Waals surface area contributed by atoms with Gasteiger partial charge in [-0.1, -0.05) is 0 Å². The van der Waals surface area contributed by atoms with E-state index in [1.165, 1.54) is 28.8 Å². The topological polar surface area (TPSA) is 144 Å². The highest BCUT2D eigenvalue weighted by molar-refractivity contribution is 7.09. The van der Waals surface area contributed by atoms with Crippen molar-refractivity contribution in [2.75, 3.05) is 11.1 Å². The predicted octanol–water partition coefficient (Wildman–Crippen LogP) is 1.90. The number of aromatic nitrogens is 2. The van der Waals surface area contributed by atoms with E-state index in [2.05, 4.69) is 15.3 Å². The fourth-order valence-corrected chi connectivity index (χ4v) is 2.37. The molecule has 0 amide bonds. The van der Waals surface area contributed by atoms with E-state index in [0.717, 1.165) is 0 Å². The summed E-state index contributed by atoms with van der Waals surface area (Å²) in [5.74, 6) is -0.942. The van der Waals surface area contributed by atoms with Crippen LogP contribution in [0.4, 0.5) is 17.3 Å². The Balaban J connectivity index is 2.15. The Morgan fingerprint density at radius 1 is 1.52 bits per heavy atom. The van der Waals surface area contributed by atoms with Gasteiger partial charge in [-0.25, -0.2) is 14.8 Å². The van der Waals surface area contributed by atoms with E-state index < -0.39 is 10.9 Å². The molecule has 0 aliphatic heterocycles. The second kappa shape index (κ2) is 5.71. The van der Waals surface area contributed by atoms with Crippen LogP contribution >= 0.6 is 11.3 Å². The van der Waals surface area contributed by atoms with Crippen LogP contribution in [0.25, 0.3) is 0 Å². The van der Waals surface area contributed by atoms with Crippen molar-refractivity contribution >= 4 is 34.6 Å². The lowest BCUT2D eigenvalue weighted by Gasteiger charge is -2.12. The highest BCUT2D eigenvalue weighted by Gasteiger charge is 2.16. The first kappa shape index (κ1) is 14.7. The Bertz CT molecular complexity index is 702. The Hall–Kier alpha value is -2.75. The number of rotatable bonds is 5. The summed E-state index contributed by atoms with van der Waals surface area (Å²) in [6, 6.07) is 2.37. The molecule has 21 heavy (non-hydrogen) atoms. The van der Waals surface area contributed by atoms with Crippen LogP contribution in [0, 0.1) is 10.1 Å². The van der Waals surface area contributed by atoms with Crippen molar-refractivity contribution in [1.82, 2.24) is 9.97 Å². The van der Waals surface area contributed by atoms with E-state index in [1.54, 1.807) is 6.92 Å². The van der Waals surface area contributed by atoms with Crippen LogP contribution < -0.4 is 11.1 Å². The number of carboxylic acids is 1. The largest absolute Gasteiger partial charge is 0.476 e. The van der Waals surface area contributed by atoms with Gasteiger partial charge >= 0.3 is 11.7 Å². The van der Waals surface area contributed by atoms with E-state index in [-0.39, 0.29) is 23.2 Å². The molecule has 0 fully saturated rings. The maximum absolute atomic E-state index is 10.8. The van der Waals surface area contributed by atoms with Gasteiger partial charge in [-0.2, -0.15) is 0 Å². The van der Waals surface area contributed by atoms with Crippen molar-refractivity contribution < 1.29 is 14.8 Å². The number of nitrogens with one attached hydrogen (secondary N) is 1. The lowest BCUT2D eigenvalue weighted by Crippen LogP contribution is -2.09. The predicted molar refractivity (Wildman–Crippen MR) is 76.4 cm³/mol. The number of nitrogens with two attached hydrogens (primary N) is 1. The summed E-state index contributed by atoms with van der Waals surface area (Å²) >= 11 is 1.20. The molecule has 0 aliphatic carbocycles. The number of nitro groups is 1. The molecule has 9 nitrogen and oxygen atoms in total. The van der Waals surface area contributed by atoms with Crippen molar-refractivity contribution in [2.24, 2.45) is 0 Å². The van der Waals surface area contributed by atoms with Gasteiger partial charge in [0.15, 0.2) is 5.69 Å². The number of nitrogens with zero attached hydrogens (tertiary/aromatic N) is 3. The molecule has 1 atom stereocenters. The highest BCUT2D eigenvalue weighted by Crippen LogP contribution is 2.25. The van der Waals surface area contributed by atoms with Gasteiger partial charge in [0.1, 0.15) is 10.8 Å². The van der Waals surface area contributed by atoms with Gasteiger partial charge in [-0.05, 0) is 13.0 Å². The lowest BCUT2D eigenvalue weighted by molar-refractivity contribution is -0.384. The minimum Gasteiger partial charge on any atom is -0.476 e. The third-order valence-electron chi connectivity index (χ3n) is 2.57. The summed E-state index contributed by atoms with van der Waals surface area (Å²) in [4.78, 5) is 28.7. The molecule has 0 saturated heterocycles. The minimum absolute atomic E-state index is 0.0279. The van der Waals surface area contributed by atoms with Crippen molar-refractivity contribution in [3.05, 3.63) is 38.3 Å². The fraction of sp³-hybridized carbons (Fsp3) is 0.182. The standard InChI is InChI=1S/C11H11N5O4S/c1-5(10-14-6(4-21-10)11(17)18)13-8-3-2-7(16(19)20)9(12)15-8/h2-5H,1H3,(H,17,18)(H3,12,13,15). The van der Waals surface area contributed by atoms with E-state index in [1.807, 2.05) is 0 Å². The molecule has 0 saturated carbocycles. The van der Waals surface area contributed by atoms with Crippen LogP contribution in [0.1, 0.15) is 28.5 Å². The van der Waals surface area contributed by atoms with Gasteiger partial charge < -0.3 is 16.2 Å². The molecule has 0 aromatic carbocycles. The average molecular weight is 309 g/mol. The molecule has 10 heteroatoms. The molecule has 110 valence electrons. The third-order valence-corrected chi connectivity index (χ3v) is 3.60. The van der Waals surface area contributed by atoms with E-state index in [0.29, 0.717) is 10.8 Å². The number of hydrogen-bond donors (Lipinski definition) is 3. The first-order valence-electron chi connectivity index (χ1n) is 5.74. The first-order chi connectivity index (χ1) is 9.88. The molecule has 0 aliphatic rings. The van der Waals surface area contributed by atoms with E-state index in [9.17, 15) is 14.9 Å². The first-order valence-corrected chi connectivity index (χ1v) is 6.62. The van der Waals surface area contributed by atoms with Crippen molar-refractivity contribution in [3.8, 4) is 0 Å². The molecule has 2 rings (SSSR count). The zero-order valence-electron chi connectivity index (χ0n) is 10.8. The Kier molecular flexibility index (Phi) is 3.98. The van der Waals surface area contributed by atoms with Gasteiger partial charge in [0.2, 0.25) is 5.82 Å². The smallest absolute Gasteiger partial charge is 0.355 e. The number of thiazole rings is 1. The Labute approximate surface area is 122 Å². The van der Waals surface area contributed by atoms with E-state index >= 15 is 0 Å². The lowest BCUT2D eigenvalue weighted by atomic mass is 10.3. The van der Waals surface area contributed by atoms with E-state index in [4.69, 9.17) is 10.8 Å². The second-order valence-corrected chi connectivity index (χ2v) is 4.99. The normalized spacial score (nSPS) is 11.9. The van der Waals surface area contributed by atoms with Crippen molar-refractivity contribution in [2.45, 2.75) is 13.0 Å². The van der Waals surface area contributed by atoms with Gasteiger partial charge in [-0.3, -0.25) is 10.1 Å². The van der Waals surface area contributed by atoms with Crippen LogP contribution in [0.2, 0.25) is 0 Å². The number of anilines is 2. The van der Waals surface area contributed by atoms with Gasteiger partial charge in [-0.15, -0.1) is 11.3 Å². The molecule has 0 radical (unpaired) electrons. The number of carboxylic acid groups (broad SMARTS) is 1. The van der Waals surface area contributed by atoms with Crippen molar-refractivity contribution in [3.63, 3.8) is 0 Å². The number of pyridine rings is 1. The molecule has 0 spiro atoms. The third kappa shape index (κ3) is 3.23. The minimum atomic E-state index is -1.09. The maximum atomic E-state index is 10.8. The van der Waals surface area contributed by atoms with Crippen LogP contribution in [0.15, 0.2) is 17.5 Å². The monoisotopic (exact) mass is 309 g/mol. The number of aromatic carboxylic acids is 1. The summed E-state index contributed by atoms with van der Waals surface area (Å²) in [5, 5.41) is 24.4. The van der Waals surface area contributed by atoms with Crippen LogP contribution in [0.3, 0.4) is 0 Å². The van der Waals surface area contributed by atoms with Gasteiger partial charge in [0.25, 0.3) is 0 Å². The fourth-order valence-electron chi connectivity index (χ4n) is 1.57. The zero-order valence-corrected chi connectivity index (χ0v) is 11.6. The average Bonchev–Trinajstić information content (AvgIpc) is 2.88. The maximum Gasteiger partial charge on any atom is 0.355 e. The molecule has 1 unspecified atom stereocenters. The second-order valence-electron chi connectivity index (χ2n) is 4.10. The molecule has 0 bridgehead atoms. The molecule has 2 heterocycles. The Morgan fingerprint density at radius 2 is 2.24 bits per heavy atom. The number of carbonyl (C=O) groups is 1. The van der Waals surface area contributed by atoms with Crippen LogP contribution in [-0.2, 0) is 0 Å². The van der Waals surface area contributed by atoms with Crippen LogP contribution in [-0.4, -0.2) is 26.0 Å². The summed E-state index contributed by atoms with van der Waals surface area (Å²) < 4.78 is 0. The number of nitrogen functional groups attached to an aromatic ring is 1. The van der Waals surface area contributed by atoms with Crippen molar-refractivity contribution in [1.29, 1.82) is 0 Å². The number of hydrogen-bond acceptors (Lipinski definition) is 8. The summed E-state index contributed by atoms with van der Waals surface area (Å²) in [6.07, 6.45) is 0. The molecule has 2 aromatic heterocycles. The summed E-state index contributed by atoms with van der Waals surface area (Å²) in [6.45, 7) is 1.77. The molecule has 2 aromatic rings. The van der Waals surface area contributed by atoms with Crippen LogP contribution in [0.5, 0.6) is 0 Å². The SMILES string of the molecule is CC(Nc1ccc([N+](=O)[O-])c(N)n1)c1nc(C(=O)O)cs1. The molecule has 4 N–H and O–H groups in total. The zero-order chi connectivity index (χ0) is 15.6. The highest BCUT2D eigenvalue weighted by atomic mass is 32.1. The summed E-state index contributed by atoms with van der Waals surface area (Å²) in [5.41, 5.74) is 5.20. The molecular weight excluding hydrogens is 298 g/mol. The quantitative estimate of drug-likeness (QED) is 0.561. The molecular formula is C11H11N5O4S. The summed E-state index contributed by atoms with van der Waals surface area (Å²) in [7, 11) is 0. The van der Waals surface area contributed by atoms with Gasteiger partial charge in [0.05, 0.1) is 11.0 Å².